The summed E-state index contributed by atoms with van der Waals surface area (Å²) in [6.45, 7) is 4.46. The van der Waals surface area contributed by atoms with E-state index in [0.717, 1.165) is 6.42 Å². The number of nitrogens with one attached hydrogen (secondary N) is 1. The van der Waals surface area contributed by atoms with Gasteiger partial charge in [0, 0.05) is 17.9 Å². The van der Waals surface area contributed by atoms with E-state index in [1.54, 1.807) is 0 Å². The first-order chi connectivity index (χ1) is 9.78. The molecule has 1 aromatic carbocycles. The summed E-state index contributed by atoms with van der Waals surface area (Å²) in [5.41, 5.74) is 5.14. The van der Waals surface area contributed by atoms with Crippen molar-refractivity contribution < 1.29 is 13.9 Å². The molecule has 1 aliphatic heterocycles. The van der Waals surface area contributed by atoms with Crippen molar-refractivity contribution in [3.8, 4) is 0 Å². The average Bonchev–Trinajstić information content (AvgIpc) is 2.90. The minimum atomic E-state index is -1.04. The SMILES string of the molecule is CC1(C)C2OCCC2C1(N)C(=O)Nc1cc(F)ccc1Cl. The maximum atomic E-state index is 13.3. The van der Waals surface area contributed by atoms with E-state index < -0.39 is 16.8 Å². The lowest BCUT2D eigenvalue weighted by atomic mass is 9.48. The number of benzene rings is 1. The van der Waals surface area contributed by atoms with Gasteiger partial charge >= 0.3 is 0 Å². The fourth-order valence-electron chi connectivity index (χ4n) is 3.66. The van der Waals surface area contributed by atoms with Gasteiger partial charge in [-0.3, -0.25) is 4.79 Å². The monoisotopic (exact) mass is 312 g/mol. The Hall–Kier alpha value is -1.17. The van der Waals surface area contributed by atoms with Crippen LogP contribution in [0.2, 0.25) is 5.02 Å². The summed E-state index contributed by atoms with van der Waals surface area (Å²) in [6, 6.07) is 3.84. The van der Waals surface area contributed by atoms with Gasteiger partial charge in [-0.2, -0.15) is 0 Å². The summed E-state index contributed by atoms with van der Waals surface area (Å²) in [6.07, 6.45) is 0.755. The molecule has 1 aromatic rings. The topological polar surface area (TPSA) is 64.3 Å². The van der Waals surface area contributed by atoms with Gasteiger partial charge < -0.3 is 15.8 Å². The number of halogens is 2. The third kappa shape index (κ3) is 1.91. The molecule has 3 atom stereocenters. The van der Waals surface area contributed by atoms with Crippen molar-refractivity contribution in [2.24, 2.45) is 17.1 Å². The number of carbonyl (C=O) groups excluding carboxylic acids is 1. The molecule has 3 N–H and O–H groups in total. The number of anilines is 1. The third-order valence-corrected chi connectivity index (χ3v) is 5.34. The van der Waals surface area contributed by atoms with E-state index in [-0.39, 0.29) is 28.6 Å². The van der Waals surface area contributed by atoms with Gasteiger partial charge in [0.15, 0.2) is 0 Å². The normalized spacial score (nSPS) is 33.2. The van der Waals surface area contributed by atoms with Crippen LogP contribution in [0.5, 0.6) is 0 Å². The fraction of sp³-hybridized carbons (Fsp3) is 0.533. The van der Waals surface area contributed by atoms with Crippen LogP contribution in [-0.4, -0.2) is 24.2 Å². The molecule has 0 radical (unpaired) electrons. The van der Waals surface area contributed by atoms with Gasteiger partial charge in [-0.05, 0) is 24.6 Å². The Morgan fingerprint density at radius 1 is 1.52 bits per heavy atom. The Labute approximate surface area is 127 Å². The Kier molecular flexibility index (Phi) is 3.28. The molecule has 2 fully saturated rings. The zero-order valence-electron chi connectivity index (χ0n) is 12.0. The molecule has 6 heteroatoms. The molecule has 1 aliphatic carbocycles. The predicted octanol–water partition coefficient (Wildman–Crippen LogP) is 2.56. The average molecular weight is 313 g/mol. The van der Waals surface area contributed by atoms with Crippen molar-refractivity contribution in [1.29, 1.82) is 0 Å². The van der Waals surface area contributed by atoms with Gasteiger partial charge in [-0.15, -0.1) is 0 Å². The first-order valence-electron chi connectivity index (χ1n) is 6.95. The molecule has 0 aromatic heterocycles. The molecule has 114 valence electrons. The fourth-order valence-corrected chi connectivity index (χ4v) is 3.83. The smallest absolute Gasteiger partial charge is 0.245 e. The van der Waals surface area contributed by atoms with E-state index in [9.17, 15) is 9.18 Å². The zero-order valence-corrected chi connectivity index (χ0v) is 12.7. The molecule has 1 saturated carbocycles. The quantitative estimate of drug-likeness (QED) is 0.882. The van der Waals surface area contributed by atoms with E-state index >= 15 is 0 Å². The minimum absolute atomic E-state index is 0.00349. The first-order valence-corrected chi connectivity index (χ1v) is 7.33. The lowest BCUT2D eigenvalue weighted by Gasteiger charge is -2.60. The molecule has 0 bridgehead atoms. The van der Waals surface area contributed by atoms with E-state index in [2.05, 4.69) is 5.32 Å². The van der Waals surface area contributed by atoms with Crippen LogP contribution in [0.3, 0.4) is 0 Å². The van der Waals surface area contributed by atoms with E-state index in [0.29, 0.717) is 6.61 Å². The molecule has 0 spiro atoms. The molecular formula is C15H18ClFN2O2. The van der Waals surface area contributed by atoms with E-state index in [4.69, 9.17) is 22.1 Å². The standard InChI is InChI=1S/C15H18ClFN2O2/c1-14(2)12-9(5-6-21-12)15(14,18)13(20)19-11-7-8(17)3-4-10(11)16/h3-4,7,9,12H,5-6,18H2,1-2H3,(H,19,20). The summed E-state index contributed by atoms with van der Waals surface area (Å²) in [4.78, 5) is 12.7. The second-order valence-corrected chi connectivity index (χ2v) is 6.76. The summed E-state index contributed by atoms with van der Waals surface area (Å²) >= 11 is 5.99. The van der Waals surface area contributed by atoms with Crippen LogP contribution in [0, 0.1) is 17.2 Å². The van der Waals surface area contributed by atoms with Gasteiger partial charge in [0.2, 0.25) is 5.91 Å². The second kappa shape index (κ2) is 4.66. The number of ether oxygens (including phenoxy) is 1. The maximum Gasteiger partial charge on any atom is 0.245 e. The van der Waals surface area contributed by atoms with Crippen molar-refractivity contribution in [3.05, 3.63) is 29.0 Å². The molecule has 21 heavy (non-hydrogen) atoms. The van der Waals surface area contributed by atoms with Gasteiger partial charge in [-0.25, -0.2) is 4.39 Å². The van der Waals surface area contributed by atoms with Gasteiger partial charge in [0.1, 0.15) is 11.4 Å². The molecule has 3 rings (SSSR count). The number of carbonyl (C=O) groups is 1. The number of amides is 1. The van der Waals surface area contributed by atoms with Gasteiger partial charge in [0.25, 0.3) is 0 Å². The highest BCUT2D eigenvalue weighted by atomic mass is 35.5. The molecule has 4 nitrogen and oxygen atoms in total. The third-order valence-electron chi connectivity index (χ3n) is 5.01. The Bertz CT molecular complexity index is 607. The van der Waals surface area contributed by atoms with Crippen molar-refractivity contribution >= 4 is 23.2 Å². The molecule has 2 aliphatic rings. The van der Waals surface area contributed by atoms with E-state index in [1.807, 2.05) is 13.8 Å². The second-order valence-electron chi connectivity index (χ2n) is 6.36. The summed E-state index contributed by atoms with van der Waals surface area (Å²) in [5, 5.41) is 2.95. The molecule has 1 heterocycles. The van der Waals surface area contributed by atoms with Crippen molar-refractivity contribution in [2.75, 3.05) is 11.9 Å². The van der Waals surface area contributed by atoms with Crippen LogP contribution < -0.4 is 11.1 Å². The zero-order chi connectivity index (χ0) is 15.4. The lowest BCUT2D eigenvalue weighted by Crippen LogP contribution is -2.79. The number of rotatable bonds is 2. The highest BCUT2D eigenvalue weighted by molar-refractivity contribution is 6.33. The summed E-state index contributed by atoms with van der Waals surface area (Å²) in [7, 11) is 0. The van der Waals surface area contributed by atoms with Crippen LogP contribution in [-0.2, 0) is 9.53 Å². The van der Waals surface area contributed by atoms with Crippen LogP contribution in [0.4, 0.5) is 10.1 Å². The van der Waals surface area contributed by atoms with Crippen LogP contribution >= 0.6 is 11.6 Å². The maximum absolute atomic E-state index is 13.3. The van der Waals surface area contributed by atoms with Crippen LogP contribution in [0.25, 0.3) is 0 Å². The van der Waals surface area contributed by atoms with Crippen LogP contribution in [0.15, 0.2) is 18.2 Å². The van der Waals surface area contributed by atoms with E-state index in [1.165, 1.54) is 18.2 Å². The highest BCUT2D eigenvalue weighted by Crippen LogP contribution is 2.58. The Morgan fingerprint density at radius 3 is 2.95 bits per heavy atom. The molecular weight excluding hydrogens is 295 g/mol. The minimum Gasteiger partial charge on any atom is -0.377 e. The van der Waals surface area contributed by atoms with Crippen molar-refractivity contribution in [3.63, 3.8) is 0 Å². The Morgan fingerprint density at radius 2 is 2.24 bits per heavy atom. The summed E-state index contributed by atoms with van der Waals surface area (Å²) in [5.74, 6) is -0.817. The Balaban J connectivity index is 1.87. The predicted molar refractivity (Wildman–Crippen MR) is 78.6 cm³/mol. The van der Waals surface area contributed by atoms with Gasteiger partial charge in [0.05, 0.1) is 16.8 Å². The summed E-state index contributed by atoms with van der Waals surface area (Å²) < 4.78 is 19.0. The largest absolute Gasteiger partial charge is 0.377 e. The van der Waals surface area contributed by atoms with Crippen LogP contribution in [0.1, 0.15) is 20.3 Å². The van der Waals surface area contributed by atoms with Gasteiger partial charge in [-0.1, -0.05) is 25.4 Å². The van der Waals surface area contributed by atoms with Crippen molar-refractivity contribution in [1.82, 2.24) is 0 Å². The van der Waals surface area contributed by atoms with Crippen molar-refractivity contribution in [2.45, 2.75) is 31.9 Å². The molecule has 3 unspecified atom stereocenters. The number of hydrogen-bond donors (Lipinski definition) is 2. The number of nitrogens with two attached hydrogens (primary N) is 1. The lowest BCUT2D eigenvalue weighted by molar-refractivity contribution is -0.170. The molecule has 1 saturated heterocycles. The first kappa shape index (κ1) is 14.8. The highest BCUT2D eigenvalue weighted by Gasteiger charge is 2.71. The number of fused-ring (bicyclic) bond motifs is 1. The number of hydrogen-bond acceptors (Lipinski definition) is 3. The molecule has 1 amide bonds.